The van der Waals surface area contributed by atoms with Crippen molar-refractivity contribution in [3.05, 3.63) is 0 Å². The Hall–Kier alpha value is 1.29. The molecule has 0 atom stereocenters. The molecule has 64 valence electrons. The molecule has 0 aromatic heterocycles. The summed E-state index contributed by atoms with van der Waals surface area (Å²) >= 11 is 4.85. The second-order valence-corrected chi connectivity index (χ2v) is 5.83. The molecular weight excluding hydrogens is 195 g/mol. The topological polar surface area (TPSA) is 57.5 Å². The van der Waals surface area contributed by atoms with Crippen LogP contribution in [-0.4, -0.2) is 41.2 Å². The maximum atomic E-state index is 9.11. The van der Waals surface area contributed by atoms with E-state index in [9.17, 15) is 0 Å². The monoisotopic (exact) mass is 208 g/mol. The van der Waals surface area contributed by atoms with Gasteiger partial charge in [-0.2, -0.15) is 4.21 Å². The average molecular weight is 208 g/mol. The van der Waals surface area contributed by atoms with Crippen LogP contribution in [0.5, 0.6) is 0 Å². The Kier molecular flexibility index (Phi) is 10.6. The predicted octanol–water partition coefficient (Wildman–Crippen LogP) is 1.30. The van der Waals surface area contributed by atoms with Crippen molar-refractivity contribution in [2.45, 2.75) is 23.9 Å². The molecule has 6 heteroatoms. The van der Waals surface area contributed by atoms with E-state index in [4.69, 9.17) is 13.3 Å². The Balaban J connectivity index is 0. The molecule has 0 radical (unpaired) electrons. The molecule has 0 aliphatic heterocycles. The molecule has 0 heterocycles. The van der Waals surface area contributed by atoms with E-state index in [1.54, 1.807) is 0 Å². The maximum Gasteiger partial charge on any atom is 0.263 e. The first kappa shape index (κ1) is 14.8. The second kappa shape index (κ2) is 7.91. The molecular formula is C5H13NaO3S2. The van der Waals surface area contributed by atoms with Gasteiger partial charge in [0.25, 0.3) is 9.05 Å². The molecule has 0 aromatic carbocycles. The van der Waals surface area contributed by atoms with E-state index in [1.807, 2.05) is 0 Å². The smallest absolute Gasteiger partial charge is 0.263 e. The Morgan fingerprint density at radius 2 is 1.82 bits per heavy atom. The number of rotatable bonds is 2. The van der Waals surface area contributed by atoms with Crippen LogP contribution in [0.15, 0.2) is 0 Å². The van der Waals surface area contributed by atoms with Gasteiger partial charge in [-0.25, -0.2) is 0 Å². The molecule has 0 aliphatic rings. The van der Waals surface area contributed by atoms with E-state index in [1.165, 1.54) is 38.0 Å². The Bertz CT molecular complexity index is 157. The third kappa shape index (κ3) is 52.9. The first-order valence-corrected chi connectivity index (χ1v) is 7.28. The fourth-order valence-corrected chi connectivity index (χ4v) is 1.73. The Morgan fingerprint density at radius 1 is 1.55 bits per heavy atom. The van der Waals surface area contributed by atoms with Crippen molar-refractivity contribution < 1.29 is 13.3 Å². The zero-order valence-electron chi connectivity index (χ0n) is 7.11. The van der Waals surface area contributed by atoms with Gasteiger partial charge in [-0.15, -0.1) is 0 Å². The summed E-state index contributed by atoms with van der Waals surface area (Å²) in [7, 11) is -3.83. The molecule has 11 heavy (non-hydrogen) atoms. The van der Waals surface area contributed by atoms with E-state index >= 15 is 0 Å². The molecule has 2 N–H and O–H groups in total. The molecule has 0 fully saturated rings. The van der Waals surface area contributed by atoms with Gasteiger partial charge < -0.3 is 0 Å². The van der Waals surface area contributed by atoms with Crippen molar-refractivity contribution in [1.82, 2.24) is 0 Å². The summed E-state index contributed by atoms with van der Waals surface area (Å²) < 4.78 is 25.4. The van der Waals surface area contributed by atoms with Crippen LogP contribution in [0.4, 0.5) is 0 Å². The minimum absolute atomic E-state index is 0.933. The SMILES string of the molecule is CC(C)C[CH2][Na].O=S(O)(O)=S. The van der Waals surface area contributed by atoms with Gasteiger partial charge in [0, 0.05) is 11.2 Å². The van der Waals surface area contributed by atoms with Gasteiger partial charge in [-0.05, 0) is 0 Å². The van der Waals surface area contributed by atoms with Crippen LogP contribution in [-0.2, 0) is 20.2 Å². The van der Waals surface area contributed by atoms with Crippen molar-refractivity contribution in [1.29, 1.82) is 0 Å². The zero-order chi connectivity index (χ0) is 9.49. The van der Waals surface area contributed by atoms with Crippen LogP contribution in [0.2, 0.25) is 3.67 Å². The summed E-state index contributed by atoms with van der Waals surface area (Å²) in [6, 6.07) is 0. The average Bonchev–Trinajstić information content (AvgIpc) is 1.58. The van der Waals surface area contributed by atoms with Crippen LogP contribution in [0.25, 0.3) is 0 Å². The van der Waals surface area contributed by atoms with Gasteiger partial charge in [0.15, 0.2) is 0 Å². The Labute approximate surface area is 90.7 Å². The van der Waals surface area contributed by atoms with Gasteiger partial charge in [0.2, 0.25) is 0 Å². The molecule has 0 bridgehead atoms. The summed E-state index contributed by atoms with van der Waals surface area (Å²) in [5, 5.41) is 0. The minimum Gasteiger partial charge on any atom is -0.285 e. The fraction of sp³-hybridized carbons (Fsp3) is 1.00. The van der Waals surface area contributed by atoms with E-state index < -0.39 is 9.05 Å². The summed E-state index contributed by atoms with van der Waals surface area (Å²) in [6.45, 7) is 4.55. The van der Waals surface area contributed by atoms with E-state index in [-0.39, 0.29) is 0 Å². The predicted molar refractivity (Wildman–Crippen MR) is 50.8 cm³/mol. The second-order valence-electron chi connectivity index (χ2n) is 2.63. The van der Waals surface area contributed by atoms with E-state index in [0.717, 1.165) is 5.92 Å². The van der Waals surface area contributed by atoms with Crippen LogP contribution in [0.3, 0.4) is 0 Å². The standard InChI is InChI=1S/C5H11.Na.H2O3S2/c1-4-5(2)3;;1-5(2,3)4/h5H,1,4H2,2-3H3;;(H2,1,2,3,4). The number of hydrogen-bond acceptors (Lipinski definition) is 2. The van der Waals surface area contributed by atoms with E-state index in [2.05, 4.69) is 25.0 Å². The summed E-state index contributed by atoms with van der Waals surface area (Å²) in [4.78, 5) is 0. The van der Waals surface area contributed by atoms with Gasteiger partial charge in [0.1, 0.15) is 0 Å². The van der Waals surface area contributed by atoms with Gasteiger partial charge >= 0.3 is 57.8 Å². The third-order valence-corrected chi connectivity index (χ3v) is 1.44. The quantitative estimate of drug-likeness (QED) is 0.671. The molecule has 0 unspecified atom stereocenters. The molecule has 0 aromatic rings. The Morgan fingerprint density at radius 3 is 1.82 bits per heavy atom. The minimum atomic E-state index is -3.83. The fourth-order valence-electron chi connectivity index (χ4n) is 0.577. The normalized spacial score (nSPS) is 10.8. The van der Waals surface area contributed by atoms with Crippen molar-refractivity contribution in [3.8, 4) is 0 Å². The van der Waals surface area contributed by atoms with Crippen molar-refractivity contribution in [2.75, 3.05) is 0 Å². The molecule has 0 saturated carbocycles. The largest absolute Gasteiger partial charge is 0.285 e. The first-order chi connectivity index (χ1) is 4.77. The third-order valence-electron chi connectivity index (χ3n) is 0.866. The van der Waals surface area contributed by atoms with Crippen LogP contribution in [0.1, 0.15) is 20.3 Å². The molecule has 0 rings (SSSR count). The summed E-state index contributed by atoms with van der Waals surface area (Å²) in [6.07, 6.45) is 1.44. The summed E-state index contributed by atoms with van der Waals surface area (Å²) in [5.41, 5.74) is 0. The molecule has 0 saturated heterocycles. The van der Waals surface area contributed by atoms with Crippen molar-refractivity contribution in [2.24, 2.45) is 5.92 Å². The molecule has 0 spiro atoms. The first-order valence-electron chi connectivity index (χ1n) is 3.47. The van der Waals surface area contributed by atoms with Crippen molar-refractivity contribution in [3.63, 3.8) is 0 Å². The van der Waals surface area contributed by atoms with Crippen LogP contribution < -0.4 is 0 Å². The molecule has 3 nitrogen and oxygen atoms in total. The van der Waals surface area contributed by atoms with Gasteiger partial charge in [-0.3, -0.25) is 9.11 Å². The zero-order valence-corrected chi connectivity index (χ0v) is 10.7. The van der Waals surface area contributed by atoms with Gasteiger partial charge in [-0.1, -0.05) is 0 Å². The summed E-state index contributed by atoms with van der Waals surface area (Å²) in [5.74, 6) is 0.933. The molecule has 0 aliphatic carbocycles. The number of hydrogen-bond donors (Lipinski definition) is 2. The van der Waals surface area contributed by atoms with Crippen LogP contribution in [0, 0.1) is 5.92 Å². The molecule has 0 amide bonds. The van der Waals surface area contributed by atoms with Crippen molar-refractivity contribution >= 4 is 48.2 Å². The van der Waals surface area contributed by atoms with E-state index in [0.29, 0.717) is 0 Å². The maximum absolute atomic E-state index is 9.11. The van der Waals surface area contributed by atoms with Gasteiger partial charge in [0.05, 0.1) is 0 Å². The van der Waals surface area contributed by atoms with Crippen LogP contribution >= 0.6 is 0 Å².